The number of benzene rings is 1. The molecule has 0 unspecified atom stereocenters. The lowest BCUT2D eigenvalue weighted by Crippen LogP contribution is -2.32. The van der Waals surface area contributed by atoms with Crippen molar-refractivity contribution < 1.29 is 18.8 Å². The molecule has 3 aromatic rings. The Morgan fingerprint density at radius 2 is 1.84 bits per heavy atom. The monoisotopic (exact) mass is 425 g/mol. The number of anilines is 1. The molecule has 0 saturated heterocycles. The van der Waals surface area contributed by atoms with Gasteiger partial charge in [0.25, 0.3) is 17.6 Å². The van der Waals surface area contributed by atoms with Crippen LogP contribution in [0.25, 0.3) is 0 Å². The molecule has 0 aliphatic rings. The number of halogens is 1. The van der Waals surface area contributed by atoms with E-state index in [0.717, 1.165) is 0 Å². The highest BCUT2D eigenvalue weighted by Crippen LogP contribution is 2.23. The van der Waals surface area contributed by atoms with Crippen LogP contribution in [0.5, 0.6) is 0 Å². The van der Waals surface area contributed by atoms with Crippen LogP contribution in [-0.2, 0) is 25.4 Å². The Morgan fingerprint density at radius 1 is 1.13 bits per heavy atom. The van der Waals surface area contributed by atoms with Crippen molar-refractivity contribution in [2.24, 2.45) is 14.1 Å². The maximum atomic E-state index is 13.8. The van der Waals surface area contributed by atoms with Crippen LogP contribution in [0.1, 0.15) is 43.5 Å². The Morgan fingerprint density at radius 3 is 2.45 bits per heavy atom. The summed E-state index contributed by atoms with van der Waals surface area (Å²) in [5.41, 5.74) is 2.01. The number of hydrogen-bond donors (Lipinski definition) is 2. The molecule has 2 amide bonds. The van der Waals surface area contributed by atoms with E-state index >= 15 is 0 Å². The predicted molar refractivity (Wildman–Crippen MR) is 113 cm³/mol. The van der Waals surface area contributed by atoms with E-state index in [4.69, 9.17) is 0 Å². The molecular formula is C22H24FN5O3. The Balaban J connectivity index is 1.82. The standard InChI is InChI=1S/C22H24FN5O3/c1-12-6-7-15(10-16(12)23)26-21(30)19-13(2)18(14(3)28(19)5)20(29)22(31)25-11-17-24-8-9-27(17)4/h6-10H,11H2,1-5H3,(H,25,31)(H,26,30). The van der Waals surface area contributed by atoms with Crippen molar-refractivity contribution in [3.63, 3.8) is 0 Å². The molecule has 0 spiro atoms. The zero-order chi connectivity index (χ0) is 22.9. The maximum absolute atomic E-state index is 13.8. The van der Waals surface area contributed by atoms with Crippen LogP contribution >= 0.6 is 0 Å². The molecule has 0 aliphatic carbocycles. The normalized spacial score (nSPS) is 10.8. The van der Waals surface area contributed by atoms with E-state index in [2.05, 4.69) is 15.6 Å². The van der Waals surface area contributed by atoms with Gasteiger partial charge >= 0.3 is 0 Å². The molecule has 2 aromatic heterocycles. The summed E-state index contributed by atoms with van der Waals surface area (Å²) in [6.07, 6.45) is 3.33. The van der Waals surface area contributed by atoms with Gasteiger partial charge < -0.3 is 19.8 Å². The molecule has 0 atom stereocenters. The summed E-state index contributed by atoms with van der Waals surface area (Å²) in [5, 5.41) is 5.21. The number of aryl methyl sites for hydroxylation is 2. The highest BCUT2D eigenvalue weighted by Gasteiger charge is 2.28. The molecule has 8 nitrogen and oxygen atoms in total. The van der Waals surface area contributed by atoms with Gasteiger partial charge in [0.2, 0.25) is 0 Å². The third kappa shape index (κ3) is 4.25. The number of ketones is 1. The molecule has 9 heteroatoms. The van der Waals surface area contributed by atoms with Gasteiger partial charge in [-0.1, -0.05) is 6.07 Å². The lowest BCUT2D eigenvalue weighted by molar-refractivity contribution is -0.117. The second-order valence-corrected chi connectivity index (χ2v) is 7.38. The summed E-state index contributed by atoms with van der Waals surface area (Å²) >= 11 is 0. The minimum absolute atomic E-state index is 0.103. The minimum Gasteiger partial charge on any atom is -0.343 e. The second-order valence-electron chi connectivity index (χ2n) is 7.38. The summed E-state index contributed by atoms with van der Waals surface area (Å²) in [7, 11) is 3.42. The topological polar surface area (TPSA) is 98.0 Å². The van der Waals surface area contributed by atoms with Crippen LogP contribution in [0, 0.1) is 26.6 Å². The van der Waals surface area contributed by atoms with Crippen molar-refractivity contribution in [2.45, 2.75) is 27.3 Å². The number of carbonyl (C=O) groups is 3. The fourth-order valence-electron chi connectivity index (χ4n) is 3.41. The van der Waals surface area contributed by atoms with Gasteiger partial charge in [-0.3, -0.25) is 14.4 Å². The van der Waals surface area contributed by atoms with E-state index in [1.54, 1.807) is 68.5 Å². The number of rotatable bonds is 6. The van der Waals surface area contributed by atoms with Crippen molar-refractivity contribution in [2.75, 3.05) is 5.32 Å². The van der Waals surface area contributed by atoms with Gasteiger partial charge in [0, 0.05) is 37.9 Å². The quantitative estimate of drug-likeness (QED) is 0.469. The Kier molecular flexibility index (Phi) is 6.05. The first kappa shape index (κ1) is 21.9. The summed E-state index contributed by atoms with van der Waals surface area (Å²) in [4.78, 5) is 42.2. The number of nitrogens with one attached hydrogen (secondary N) is 2. The minimum atomic E-state index is -0.785. The van der Waals surface area contributed by atoms with Crippen molar-refractivity contribution in [1.82, 2.24) is 19.4 Å². The third-order valence-electron chi connectivity index (χ3n) is 5.34. The lowest BCUT2D eigenvalue weighted by Gasteiger charge is -2.09. The number of nitrogens with zero attached hydrogens (tertiary/aromatic N) is 3. The number of aromatic nitrogens is 3. The zero-order valence-electron chi connectivity index (χ0n) is 18.0. The van der Waals surface area contributed by atoms with Crippen molar-refractivity contribution in [3.05, 3.63) is 70.3 Å². The highest BCUT2D eigenvalue weighted by atomic mass is 19.1. The Labute approximate surface area is 179 Å². The number of carbonyl (C=O) groups excluding carboxylic acids is 3. The van der Waals surface area contributed by atoms with E-state index in [1.807, 2.05) is 0 Å². The van der Waals surface area contributed by atoms with E-state index in [9.17, 15) is 18.8 Å². The molecule has 0 saturated carbocycles. The maximum Gasteiger partial charge on any atom is 0.292 e. The average Bonchev–Trinajstić information content (AvgIpc) is 3.22. The average molecular weight is 425 g/mol. The lowest BCUT2D eigenvalue weighted by atomic mass is 10.0. The van der Waals surface area contributed by atoms with Crippen LogP contribution in [0.15, 0.2) is 30.6 Å². The molecule has 0 aliphatic heterocycles. The van der Waals surface area contributed by atoms with Crippen LogP contribution in [0.4, 0.5) is 10.1 Å². The fraction of sp³-hybridized carbons (Fsp3) is 0.273. The SMILES string of the molecule is Cc1ccc(NC(=O)c2c(C)c(C(=O)C(=O)NCc3nccn3C)c(C)n2C)cc1F. The third-order valence-corrected chi connectivity index (χ3v) is 5.34. The largest absolute Gasteiger partial charge is 0.343 e. The van der Waals surface area contributed by atoms with E-state index in [1.165, 1.54) is 6.07 Å². The summed E-state index contributed by atoms with van der Waals surface area (Å²) in [5.74, 6) is -1.85. The van der Waals surface area contributed by atoms with Gasteiger partial charge in [-0.25, -0.2) is 9.37 Å². The molecule has 0 fully saturated rings. The number of imidazole rings is 1. The number of amides is 2. The van der Waals surface area contributed by atoms with Gasteiger partial charge in [0.1, 0.15) is 17.3 Å². The van der Waals surface area contributed by atoms with Crippen LogP contribution in [0.2, 0.25) is 0 Å². The van der Waals surface area contributed by atoms with Gasteiger partial charge in [0.15, 0.2) is 0 Å². The predicted octanol–water partition coefficient (Wildman–Crippen LogP) is 2.57. The summed E-state index contributed by atoms with van der Waals surface area (Å²) < 4.78 is 17.1. The molecule has 3 rings (SSSR count). The molecule has 0 bridgehead atoms. The summed E-state index contributed by atoms with van der Waals surface area (Å²) in [6.45, 7) is 5.00. The molecule has 0 radical (unpaired) electrons. The first-order valence-electron chi connectivity index (χ1n) is 9.64. The molecule has 2 heterocycles. The first-order chi connectivity index (χ1) is 14.6. The number of Topliss-reactive ketones (excluding diaryl/α,β-unsaturated/α-hetero) is 1. The van der Waals surface area contributed by atoms with Gasteiger partial charge in [-0.2, -0.15) is 0 Å². The molecule has 1 aromatic carbocycles. The van der Waals surface area contributed by atoms with E-state index in [-0.39, 0.29) is 17.8 Å². The smallest absolute Gasteiger partial charge is 0.292 e. The van der Waals surface area contributed by atoms with Crippen molar-refractivity contribution in [3.8, 4) is 0 Å². The number of hydrogen-bond acceptors (Lipinski definition) is 4. The van der Waals surface area contributed by atoms with Crippen molar-refractivity contribution in [1.29, 1.82) is 0 Å². The highest BCUT2D eigenvalue weighted by molar-refractivity contribution is 6.43. The van der Waals surface area contributed by atoms with Crippen LogP contribution in [0.3, 0.4) is 0 Å². The van der Waals surface area contributed by atoms with Gasteiger partial charge in [0.05, 0.1) is 12.1 Å². The van der Waals surface area contributed by atoms with Crippen LogP contribution < -0.4 is 10.6 Å². The van der Waals surface area contributed by atoms with Gasteiger partial charge in [-0.05, 0) is 44.0 Å². The zero-order valence-corrected chi connectivity index (χ0v) is 18.0. The van der Waals surface area contributed by atoms with E-state index in [0.29, 0.717) is 28.3 Å². The molecule has 162 valence electrons. The fourth-order valence-corrected chi connectivity index (χ4v) is 3.41. The first-order valence-corrected chi connectivity index (χ1v) is 9.64. The molecule has 2 N–H and O–H groups in total. The van der Waals surface area contributed by atoms with Gasteiger partial charge in [-0.15, -0.1) is 0 Å². The van der Waals surface area contributed by atoms with E-state index < -0.39 is 23.4 Å². The Hall–Kier alpha value is -3.75. The molecule has 31 heavy (non-hydrogen) atoms. The second kappa shape index (κ2) is 8.55. The Bertz CT molecular complexity index is 1190. The van der Waals surface area contributed by atoms with Crippen LogP contribution in [-0.4, -0.2) is 31.7 Å². The molecular weight excluding hydrogens is 401 g/mol. The van der Waals surface area contributed by atoms with Crippen molar-refractivity contribution >= 4 is 23.3 Å². The summed E-state index contributed by atoms with van der Waals surface area (Å²) in [6, 6.07) is 4.39.